The van der Waals surface area contributed by atoms with Crippen molar-refractivity contribution in [3.8, 4) is 0 Å². The number of halogens is 1. The summed E-state index contributed by atoms with van der Waals surface area (Å²) in [5.41, 5.74) is 2.36. The van der Waals surface area contributed by atoms with Gasteiger partial charge in [0.05, 0.1) is 0 Å². The van der Waals surface area contributed by atoms with Crippen LogP contribution in [0.2, 0.25) is 5.02 Å². The molecule has 26 heavy (non-hydrogen) atoms. The van der Waals surface area contributed by atoms with Crippen LogP contribution in [0.15, 0.2) is 48.5 Å². The number of nitrogens with zero attached hydrogens (tertiary/aromatic N) is 2. The van der Waals surface area contributed by atoms with Crippen LogP contribution >= 0.6 is 11.6 Å². The quantitative estimate of drug-likeness (QED) is 0.866. The van der Waals surface area contributed by atoms with Crippen LogP contribution in [-0.2, 0) is 0 Å². The number of anilines is 1. The number of aryl methyl sites for hydroxylation is 1. The molecule has 3 amide bonds. The van der Waals surface area contributed by atoms with E-state index in [-0.39, 0.29) is 11.9 Å². The molecule has 0 aliphatic carbocycles. The van der Waals surface area contributed by atoms with E-state index in [9.17, 15) is 9.59 Å². The Morgan fingerprint density at radius 2 is 1.69 bits per heavy atom. The van der Waals surface area contributed by atoms with Crippen molar-refractivity contribution < 1.29 is 9.59 Å². The molecule has 0 atom stereocenters. The van der Waals surface area contributed by atoms with E-state index in [1.54, 1.807) is 29.2 Å². The van der Waals surface area contributed by atoms with E-state index < -0.39 is 0 Å². The summed E-state index contributed by atoms with van der Waals surface area (Å²) in [6.45, 7) is 4.23. The molecule has 0 saturated carbocycles. The number of nitrogens with one attached hydrogen (secondary N) is 1. The van der Waals surface area contributed by atoms with Crippen molar-refractivity contribution in [2.45, 2.75) is 13.3 Å². The van der Waals surface area contributed by atoms with Crippen LogP contribution in [0.25, 0.3) is 0 Å². The maximum absolute atomic E-state index is 12.8. The zero-order valence-electron chi connectivity index (χ0n) is 14.7. The SMILES string of the molecule is Cc1ccccc1C(=O)N1CCCN(C(=O)Nc2cccc(Cl)c2)CC1. The van der Waals surface area contributed by atoms with Crippen molar-refractivity contribution in [2.75, 3.05) is 31.5 Å². The minimum Gasteiger partial charge on any atom is -0.337 e. The molecule has 136 valence electrons. The third kappa shape index (κ3) is 4.35. The summed E-state index contributed by atoms with van der Waals surface area (Å²) in [7, 11) is 0. The number of rotatable bonds is 2. The Morgan fingerprint density at radius 1 is 0.962 bits per heavy atom. The molecular formula is C20H22ClN3O2. The predicted octanol–water partition coefficient (Wildman–Crippen LogP) is 4.03. The van der Waals surface area contributed by atoms with Crippen LogP contribution in [0.4, 0.5) is 10.5 Å². The number of benzene rings is 2. The summed E-state index contributed by atoms with van der Waals surface area (Å²) in [5, 5.41) is 3.44. The second kappa shape index (κ2) is 8.23. The Morgan fingerprint density at radius 3 is 2.46 bits per heavy atom. The molecule has 1 fully saturated rings. The molecule has 2 aromatic carbocycles. The Kier molecular flexibility index (Phi) is 5.78. The monoisotopic (exact) mass is 371 g/mol. The molecule has 1 aliphatic heterocycles. The fourth-order valence-corrected chi connectivity index (χ4v) is 3.27. The van der Waals surface area contributed by atoms with Crippen LogP contribution in [0.1, 0.15) is 22.3 Å². The van der Waals surface area contributed by atoms with Gasteiger partial charge in [0, 0.05) is 42.5 Å². The summed E-state index contributed by atoms with van der Waals surface area (Å²) in [6, 6.07) is 14.5. The number of carbonyl (C=O) groups is 2. The van der Waals surface area contributed by atoms with E-state index >= 15 is 0 Å². The van der Waals surface area contributed by atoms with Crippen molar-refractivity contribution in [1.82, 2.24) is 9.80 Å². The van der Waals surface area contributed by atoms with Gasteiger partial charge < -0.3 is 15.1 Å². The Labute approximate surface area is 158 Å². The molecule has 0 radical (unpaired) electrons. The fourth-order valence-electron chi connectivity index (χ4n) is 3.08. The normalized spacial score (nSPS) is 14.7. The Balaban J connectivity index is 1.62. The maximum Gasteiger partial charge on any atom is 0.321 e. The number of urea groups is 1. The lowest BCUT2D eigenvalue weighted by Crippen LogP contribution is -2.39. The number of hydrogen-bond donors (Lipinski definition) is 1. The fraction of sp³-hybridized carbons (Fsp3) is 0.300. The summed E-state index contributed by atoms with van der Waals surface area (Å²) < 4.78 is 0. The van der Waals surface area contributed by atoms with Crippen LogP contribution in [0.5, 0.6) is 0 Å². The molecule has 1 heterocycles. The lowest BCUT2D eigenvalue weighted by molar-refractivity contribution is 0.0762. The van der Waals surface area contributed by atoms with Gasteiger partial charge in [-0.2, -0.15) is 0 Å². The molecule has 5 nitrogen and oxygen atoms in total. The molecule has 0 spiro atoms. The zero-order valence-corrected chi connectivity index (χ0v) is 15.5. The van der Waals surface area contributed by atoms with Crippen LogP contribution in [-0.4, -0.2) is 47.9 Å². The second-order valence-corrected chi connectivity index (χ2v) is 6.82. The summed E-state index contributed by atoms with van der Waals surface area (Å²) in [5.74, 6) is 0.0280. The first-order chi connectivity index (χ1) is 12.5. The van der Waals surface area contributed by atoms with E-state index in [0.717, 1.165) is 17.5 Å². The van der Waals surface area contributed by atoms with E-state index in [0.29, 0.717) is 36.9 Å². The highest BCUT2D eigenvalue weighted by Gasteiger charge is 2.23. The van der Waals surface area contributed by atoms with Gasteiger partial charge in [-0.1, -0.05) is 35.9 Å². The molecule has 3 rings (SSSR count). The van der Waals surface area contributed by atoms with Gasteiger partial charge in [-0.3, -0.25) is 4.79 Å². The number of amides is 3. The van der Waals surface area contributed by atoms with Crippen molar-refractivity contribution in [2.24, 2.45) is 0 Å². The molecule has 0 aromatic heterocycles. The van der Waals surface area contributed by atoms with Gasteiger partial charge >= 0.3 is 6.03 Å². The Bertz CT molecular complexity index is 809. The molecule has 1 aliphatic rings. The number of hydrogen-bond acceptors (Lipinski definition) is 2. The van der Waals surface area contributed by atoms with Gasteiger partial charge in [0.1, 0.15) is 0 Å². The highest BCUT2D eigenvalue weighted by Crippen LogP contribution is 2.17. The average molecular weight is 372 g/mol. The molecule has 2 aromatic rings. The molecule has 1 saturated heterocycles. The second-order valence-electron chi connectivity index (χ2n) is 6.39. The minimum absolute atomic E-state index is 0.0280. The van der Waals surface area contributed by atoms with E-state index in [4.69, 9.17) is 11.6 Å². The average Bonchev–Trinajstić information content (AvgIpc) is 2.88. The van der Waals surface area contributed by atoms with E-state index in [2.05, 4.69) is 5.32 Å². The highest BCUT2D eigenvalue weighted by molar-refractivity contribution is 6.30. The molecule has 6 heteroatoms. The van der Waals surface area contributed by atoms with Crippen LogP contribution in [0, 0.1) is 6.92 Å². The van der Waals surface area contributed by atoms with E-state index in [1.807, 2.05) is 36.1 Å². The molecule has 0 unspecified atom stereocenters. The van der Waals surface area contributed by atoms with Crippen molar-refractivity contribution >= 4 is 29.2 Å². The van der Waals surface area contributed by atoms with Crippen molar-refractivity contribution in [3.63, 3.8) is 0 Å². The molecule has 0 bridgehead atoms. The standard InChI is InChI=1S/C20H22ClN3O2/c1-15-6-2-3-9-18(15)19(25)23-10-5-11-24(13-12-23)20(26)22-17-8-4-7-16(21)14-17/h2-4,6-9,14H,5,10-13H2,1H3,(H,22,26). The van der Waals surface area contributed by atoms with Gasteiger partial charge in [-0.05, 0) is 43.2 Å². The highest BCUT2D eigenvalue weighted by atomic mass is 35.5. The zero-order chi connectivity index (χ0) is 18.5. The first-order valence-electron chi connectivity index (χ1n) is 8.71. The first-order valence-corrected chi connectivity index (χ1v) is 9.09. The lowest BCUT2D eigenvalue weighted by atomic mass is 10.1. The van der Waals surface area contributed by atoms with Gasteiger partial charge in [-0.15, -0.1) is 0 Å². The summed E-state index contributed by atoms with van der Waals surface area (Å²) in [4.78, 5) is 28.8. The summed E-state index contributed by atoms with van der Waals surface area (Å²) >= 11 is 5.96. The first kappa shape index (κ1) is 18.3. The molecular weight excluding hydrogens is 350 g/mol. The topological polar surface area (TPSA) is 52.7 Å². The lowest BCUT2D eigenvalue weighted by Gasteiger charge is -2.23. The third-order valence-corrected chi connectivity index (χ3v) is 4.76. The number of carbonyl (C=O) groups excluding carboxylic acids is 2. The Hall–Kier alpha value is -2.53. The smallest absolute Gasteiger partial charge is 0.321 e. The largest absolute Gasteiger partial charge is 0.337 e. The van der Waals surface area contributed by atoms with Crippen LogP contribution in [0.3, 0.4) is 0 Å². The maximum atomic E-state index is 12.8. The molecule has 1 N–H and O–H groups in total. The minimum atomic E-state index is -0.169. The van der Waals surface area contributed by atoms with Crippen molar-refractivity contribution in [3.05, 3.63) is 64.7 Å². The summed E-state index contributed by atoms with van der Waals surface area (Å²) in [6.07, 6.45) is 0.751. The van der Waals surface area contributed by atoms with Gasteiger partial charge in [-0.25, -0.2) is 4.79 Å². The van der Waals surface area contributed by atoms with Crippen LogP contribution < -0.4 is 5.32 Å². The van der Waals surface area contributed by atoms with E-state index in [1.165, 1.54) is 0 Å². The van der Waals surface area contributed by atoms with Gasteiger partial charge in [0.25, 0.3) is 5.91 Å². The van der Waals surface area contributed by atoms with Gasteiger partial charge in [0.15, 0.2) is 0 Å². The van der Waals surface area contributed by atoms with Gasteiger partial charge in [0.2, 0.25) is 0 Å². The van der Waals surface area contributed by atoms with Crippen molar-refractivity contribution in [1.29, 1.82) is 0 Å². The predicted molar refractivity (Wildman–Crippen MR) is 104 cm³/mol. The third-order valence-electron chi connectivity index (χ3n) is 4.52.